The number of hydrogen-bond donors (Lipinski definition) is 1. The first kappa shape index (κ1) is 6.09. The maximum atomic E-state index is 3.57. The molecule has 2 bridgehead atoms. The molecule has 2 aliphatic rings. The summed E-state index contributed by atoms with van der Waals surface area (Å²) >= 11 is 0. The smallest absolute Gasteiger partial charge is 0.0201 e. The van der Waals surface area contributed by atoms with Crippen molar-refractivity contribution in [3.05, 3.63) is 0 Å². The maximum Gasteiger partial charge on any atom is 0.0201 e. The van der Waals surface area contributed by atoms with Crippen LogP contribution in [0.2, 0.25) is 0 Å². The van der Waals surface area contributed by atoms with Crippen LogP contribution in [-0.2, 0) is 0 Å². The van der Waals surface area contributed by atoms with Gasteiger partial charge in [-0.1, -0.05) is 9.39 Å². The summed E-state index contributed by atoms with van der Waals surface area (Å²) in [6.07, 6.45) is 2.77. The fraction of sp³-hybridized carbons (Fsp3) is 1.00. The summed E-state index contributed by atoms with van der Waals surface area (Å²) in [5.74, 6) is 0. The molecule has 0 aliphatic carbocycles. The summed E-state index contributed by atoms with van der Waals surface area (Å²) in [6.45, 7) is 2.45. The number of hydrogen-bond acceptors (Lipinski definition) is 2. The van der Waals surface area contributed by atoms with E-state index in [9.17, 15) is 0 Å². The van der Waals surface area contributed by atoms with E-state index in [-0.39, 0.29) is 0 Å². The summed E-state index contributed by atoms with van der Waals surface area (Å²) in [5.41, 5.74) is 0. The van der Waals surface area contributed by atoms with E-state index in [0.29, 0.717) is 0 Å². The van der Waals surface area contributed by atoms with E-state index in [1.807, 2.05) is 0 Å². The van der Waals surface area contributed by atoms with Crippen LogP contribution in [0.1, 0.15) is 12.8 Å². The third kappa shape index (κ3) is 1.12. The van der Waals surface area contributed by atoms with Crippen LogP contribution in [-0.4, -0.2) is 29.8 Å². The van der Waals surface area contributed by atoms with Gasteiger partial charge in [-0.3, -0.25) is 4.67 Å². The van der Waals surface area contributed by atoms with Crippen LogP contribution < -0.4 is 5.32 Å². The van der Waals surface area contributed by atoms with Crippen molar-refractivity contribution < 1.29 is 0 Å². The van der Waals surface area contributed by atoms with Crippen molar-refractivity contribution in [2.75, 3.05) is 13.1 Å². The largest absolute Gasteiger partial charge is 0.309 e. The van der Waals surface area contributed by atoms with E-state index in [0.717, 1.165) is 12.1 Å². The molecule has 2 aliphatic heterocycles. The van der Waals surface area contributed by atoms with Gasteiger partial charge >= 0.3 is 0 Å². The molecule has 0 saturated carbocycles. The Balaban J connectivity index is 2.03. The van der Waals surface area contributed by atoms with Gasteiger partial charge in [0.2, 0.25) is 0 Å². The zero-order valence-corrected chi connectivity index (χ0v) is 6.66. The highest BCUT2D eigenvalue weighted by Crippen LogP contribution is 2.21. The fourth-order valence-electron chi connectivity index (χ4n) is 1.83. The molecule has 3 unspecified atom stereocenters. The first-order chi connectivity index (χ1) is 4.34. The van der Waals surface area contributed by atoms with Crippen molar-refractivity contribution in [1.29, 1.82) is 0 Å². The standard InChI is InChI=1S/C6H13N2P/c9-8-3-5-1-2-6(4-8)7-5/h5-7H,1-4,9H2. The van der Waals surface area contributed by atoms with Crippen molar-refractivity contribution in [1.82, 2.24) is 9.99 Å². The first-order valence-corrected chi connectivity index (χ1v) is 4.12. The van der Waals surface area contributed by atoms with Crippen LogP contribution >= 0.6 is 9.39 Å². The number of rotatable bonds is 0. The van der Waals surface area contributed by atoms with Crippen LogP contribution in [0.4, 0.5) is 0 Å². The molecular weight excluding hydrogens is 131 g/mol. The molecule has 2 nitrogen and oxygen atoms in total. The Morgan fingerprint density at radius 3 is 2.33 bits per heavy atom. The van der Waals surface area contributed by atoms with Gasteiger partial charge in [-0.05, 0) is 12.8 Å². The Hall–Kier alpha value is 0.350. The Bertz CT molecular complexity index is 106. The molecule has 0 spiro atoms. The summed E-state index contributed by atoms with van der Waals surface area (Å²) in [4.78, 5) is 0. The van der Waals surface area contributed by atoms with E-state index in [1.165, 1.54) is 25.9 Å². The van der Waals surface area contributed by atoms with E-state index in [2.05, 4.69) is 19.4 Å². The molecule has 0 aromatic rings. The van der Waals surface area contributed by atoms with E-state index < -0.39 is 0 Å². The second-order valence-electron chi connectivity index (χ2n) is 3.09. The highest BCUT2D eigenvalue weighted by atomic mass is 31.0. The predicted octanol–water partition coefficient (Wildman–Crippen LogP) is 0.213. The summed E-state index contributed by atoms with van der Waals surface area (Å²) in [7, 11) is 2.79. The predicted molar refractivity (Wildman–Crippen MR) is 41.2 cm³/mol. The minimum Gasteiger partial charge on any atom is -0.309 e. The topological polar surface area (TPSA) is 15.3 Å². The monoisotopic (exact) mass is 144 g/mol. The minimum atomic E-state index is 0.793. The Labute approximate surface area is 58.2 Å². The lowest BCUT2D eigenvalue weighted by molar-refractivity contribution is 0.318. The minimum absolute atomic E-state index is 0.793. The lowest BCUT2D eigenvalue weighted by atomic mass is 10.2. The fourth-order valence-corrected chi connectivity index (χ4v) is 2.34. The number of fused-ring (bicyclic) bond motifs is 2. The molecule has 2 rings (SSSR count). The number of nitrogens with zero attached hydrogens (tertiary/aromatic N) is 1. The Morgan fingerprint density at radius 1 is 1.22 bits per heavy atom. The SMILES string of the molecule is PN1CC2CCC(C1)N2. The Morgan fingerprint density at radius 2 is 1.78 bits per heavy atom. The van der Waals surface area contributed by atoms with Crippen LogP contribution in [0.15, 0.2) is 0 Å². The van der Waals surface area contributed by atoms with Crippen LogP contribution in [0.3, 0.4) is 0 Å². The van der Waals surface area contributed by atoms with Gasteiger partial charge in [0.05, 0.1) is 0 Å². The molecule has 3 heteroatoms. The quantitative estimate of drug-likeness (QED) is 0.489. The van der Waals surface area contributed by atoms with Crippen molar-refractivity contribution in [3.8, 4) is 0 Å². The number of piperazine rings is 1. The van der Waals surface area contributed by atoms with Gasteiger partial charge in [-0.15, -0.1) is 0 Å². The van der Waals surface area contributed by atoms with Gasteiger partial charge in [0, 0.05) is 25.2 Å². The maximum absolute atomic E-state index is 3.57. The summed E-state index contributed by atoms with van der Waals surface area (Å²) in [5, 5.41) is 3.57. The molecule has 0 radical (unpaired) electrons. The second-order valence-corrected chi connectivity index (χ2v) is 3.82. The van der Waals surface area contributed by atoms with Gasteiger partial charge in [0.15, 0.2) is 0 Å². The van der Waals surface area contributed by atoms with Gasteiger partial charge < -0.3 is 5.32 Å². The molecule has 52 valence electrons. The van der Waals surface area contributed by atoms with Crippen LogP contribution in [0, 0.1) is 0 Å². The van der Waals surface area contributed by atoms with Gasteiger partial charge in [-0.25, -0.2) is 0 Å². The van der Waals surface area contributed by atoms with E-state index in [4.69, 9.17) is 0 Å². The molecule has 1 N–H and O–H groups in total. The van der Waals surface area contributed by atoms with Crippen LogP contribution in [0.25, 0.3) is 0 Å². The highest BCUT2D eigenvalue weighted by molar-refractivity contribution is 7.13. The summed E-state index contributed by atoms with van der Waals surface area (Å²) < 4.78 is 2.35. The van der Waals surface area contributed by atoms with Crippen molar-refractivity contribution >= 4 is 9.39 Å². The van der Waals surface area contributed by atoms with E-state index in [1.54, 1.807) is 0 Å². The molecule has 2 saturated heterocycles. The number of nitrogens with one attached hydrogen (secondary N) is 1. The lowest BCUT2D eigenvalue weighted by Gasteiger charge is -2.28. The zero-order chi connectivity index (χ0) is 6.27. The molecule has 2 heterocycles. The molecule has 9 heavy (non-hydrogen) atoms. The first-order valence-electron chi connectivity index (χ1n) is 3.60. The molecule has 3 atom stereocenters. The zero-order valence-electron chi connectivity index (χ0n) is 5.51. The Kier molecular flexibility index (Phi) is 1.48. The molecule has 2 fully saturated rings. The van der Waals surface area contributed by atoms with Gasteiger partial charge in [-0.2, -0.15) is 0 Å². The second kappa shape index (κ2) is 2.19. The van der Waals surface area contributed by atoms with Gasteiger partial charge in [0.1, 0.15) is 0 Å². The molecular formula is C6H13N2P. The average molecular weight is 144 g/mol. The van der Waals surface area contributed by atoms with Crippen molar-refractivity contribution in [2.45, 2.75) is 24.9 Å². The summed E-state index contributed by atoms with van der Waals surface area (Å²) in [6, 6.07) is 1.59. The third-order valence-corrected chi connectivity index (χ3v) is 2.67. The van der Waals surface area contributed by atoms with Crippen molar-refractivity contribution in [3.63, 3.8) is 0 Å². The lowest BCUT2D eigenvalue weighted by Crippen LogP contribution is -2.47. The molecule has 0 amide bonds. The average Bonchev–Trinajstić information content (AvgIpc) is 2.11. The van der Waals surface area contributed by atoms with E-state index >= 15 is 0 Å². The molecule has 0 aromatic heterocycles. The normalized spacial score (nSPS) is 43.7. The third-order valence-electron chi connectivity index (χ3n) is 2.24. The van der Waals surface area contributed by atoms with Crippen molar-refractivity contribution in [2.24, 2.45) is 0 Å². The van der Waals surface area contributed by atoms with Crippen LogP contribution in [0.5, 0.6) is 0 Å². The molecule has 0 aromatic carbocycles. The van der Waals surface area contributed by atoms with Gasteiger partial charge in [0.25, 0.3) is 0 Å². The highest BCUT2D eigenvalue weighted by Gasteiger charge is 2.29.